The van der Waals surface area contributed by atoms with Gasteiger partial charge >= 0.3 is 5.97 Å². The second kappa shape index (κ2) is 5.61. The molecule has 1 aromatic rings. The number of rotatable bonds is 4. The molecular weight excluding hydrogens is 334 g/mol. The predicted molar refractivity (Wildman–Crippen MR) is 83.8 cm³/mol. The zero-order valence-electron chi connectivity index (χ0n) is 12.1. The maximum Gasteiger partial charge on any atom is 0.314 e. The summed E-state index contributed by atoms with van der Waals surface area (Å²) in [5, 5.41) is 9.65. The first kappa shape index (κ1) is 14.9. The van der Waals surface area contributed by atoms with Crippen molar-refractivity contribution in [1.29, 1.82) is 0 Å². The van der Waals surface area contributed by atoms with E-state index in [0.29, 0.717) is 0 Å². The van der Waals surface area contributed by atoms with Gasteiger partial charge in [-0.1, -0.05) is 18.9 Å². The molecule has 0 bridgehead atoms. The van der Waals surface area contributed by atoms with Gasteiger partial charge in [-0.05, 0) is 53.5 Å². The molecule has 0 radical (unpaired) electrons. The van der Waals surface area contributed by atoms with Crippen LogP contribution in [-0.2, 0) is 10.2 Å². The van der Waals surface area contributed by atoms with E-state index in [2.05, 4.69) is 27.9 Å². The van der Waals surface area contributed by atoms with Crippen LogP contribution in [0, 0.1) is 0 Å². The number of nitrogens with zero attached hydrogens (tertiary/aromatic N) is 1. The molecule has 114 valence electrons. The Balaban J connectivity index is 1.81. The number of carboxylic acids is 1. The van der Waals surface area contributed by atoms with Crippen molar-refractivity contribution in [2.75, 3.05) is 20.1 Å². The minimum atomic E-state index is -0.711. The summed E-state index contributed by atoms with van der Waals surface area (Å²) in [7, 11) is 2.06. The van der Waals surface area contributed by atoms with Crippen LogP contribution >= 0.6 is 15.9 Å². The maximum absolute atomic E-state index is 11.7. The molecule has 3 rings (SSSR count). The van der Waals surface area contributed by atoms with Crippen molar-refractivity contribution in [2.45, 2.75) is 37.2 Å². The fraction of sp³-hybridized carbons (Fsp3) is 0.562. The van der Waals surface area contributed by atoms with Crippen molar-refractivity contribution in [3.63, 3.8) is 0 Å². The Morgan fingerprint density at radius 1 is 1.38 bits per heavy atom. The monoisotopic (exact) mass is 353 g/mol. The van der Waals surface area contributed by atoms with Gasteiger partial charge in [0.1, 0.15) is 11.9 Å². The Bertz CT molecular complexity index is 548. The van der Waals surface area contributed by atoms with E-state index in [1.54, 1.807) is 0 Å². The van der Waals surface area contributed by atoms with Gasteiger partial charge in [0.05, 0.1) is 9.89 Å². The number of likely N-dealkylation sites (N-methyl/N-ethyl adjacent to an activating group) is 1. The van der Waals surface area contributed by atoms with E-state index in [1.807, 2.05) is 18.2 Å². The molecule has 1 aliphatic carbocycles. The quantitative estimate of drug-likeness (QED) is 0.903. The maximum atomic E-state index is 11.7. The van der Waals surface area contributed by atoms with Crippen LogP contribution in [0.4, 0.5) is 0 Å². The zero-order chi connectivity index (χ0) is 15.0. The summed E-state index contributed by atoms with van der Waals surface area (Å²) < 4.78 is 6.78. The Morgan fingerprint density at radius 2 is 2.05 bits per heavy atom. The van der Waals surface area contributed by atoms with Crippen LogP contribution in [-0.4, -0.2) is 42.2 Å². The third-order valence-corrected chi connectivity index (χ3v) is 5.29. The number of ether oxygens (including phenoxy) is 1. The van der Waals surface area contributed by atoms with Gasteiger partial charge in [0.15, 0.2) is 0 Å². The number of aliphatic carboxylic acids is 1. The summed E-state index contributed by atoms with van der Waals surface area (Å²) in [5.41, 5.74) is 0.176. The molecule has 5 heteroatoms. The van der Waals surface area contributed by atoms with Crippen molar-refractivity contribution in [3.8, 4) is 5.75 Å². The van der Waals surface area contributed by atoms with Crippen LogP contribution < -0.4 is 4.74 Å². The van der Waals surface area contributed by atoms with Gasteiger partial charge in [0, 0.05) is 13.1 Å². The fourth-order valence-corrected chi connectivity index (χ4v) is 3.87. The summed E-state index contributed by atoms with van der Waals surface area (Å²) >= 11 is 3.53. The number of benzene rings is 1. The van der Waals surface area contributed by atoms with E-state index < -0.39 is 11.4 Å². The van der Waals surface area contributed by atoms with Crippen molar-refractivity contribution in [2.24, 2.45) is 0 Å². The summed E-state index contributed by atoms with van der Waals surface area (Å²) in [6, 6.07) is 5.75. The van der Waals surface area contributed by atoms with Crippen molar-refractivity contribution in [1.82, 2.24) is 4.90 Å². The van der Waals surface area contributed by atoms with Crippen molar-refractivity contribution in [3.05, 3.63) is 28.2 Å². The molecule has 21 heavy (non-hydrogen) atoms. The fourth-order valence-electron chi connectivity index (χ4n) is 3.39. The lowest BCUT2D eigenvalue weighted by molar-refractivity contribution is -0.143. The highest BCUT2D eigenvalue weighted by Crippen LogP contribution is 2.43. The van der Waals surface area contributed by atoms with Gasteiger partial charge in [-0.25, -0.2) is 0 Å². The summed E-state index contributed by atoms with van der Waals surface area (Å²) in [5.74, 6) is 0.0940. The molecule has 1 heterocycles. The Labute approximate surface area is 133 Å². The number of hydrogen-bond acceptors (Lipinski definition) is 3. The first-order valence-corrected chi connectivity index (χ1v) is 8.19. The van der Waals surface area contributed by atoms with Crippen LogP contribution in [0.25, 0.3) is 0 Å². The molecule has 0 amide bonds. The van der Waals surface area contributed by atoms with Crippen LogP contribution in [0.2, 0.25) is 0 Å². The Hall–Kier alpha value is -1.07. The van der Waals surface area contributed by atoms with E-state index in [9.17, 15) is 9.90 Å². The largest absolute Gasteiger partial charge is 0.487 e. The van der Waals surface area contributed by atoms with Crippen LogP contribution in [0.5, 0.6) is 5.75 Å². The number of carboxylic acid groups (broad SMARTS) is 1. The number of likely N-dealkylation sites (tertiary alicyclic amines) is 1. The van der Waals surface area contributed by atoms with Crippen LogP contribution in [0.1, 0.15) is 31.2 Å². The van der Waals surface area contributed by atoms with E-state index in [1.165, 1.54) is 0 Å². The number of carbonyl (C=O) groups is 1. The highest BCUT2D eigenvalue weighted by atomic mass is 79.9. The van der Waals surface area contributed by atoms with Crippen molar-refractivity contribution < 1.29 is 14.6 Å². The molecule has 1 saturated heterocycles. The Morgan fingerprint density at radius 3 is 2.57 bits per heavy atom. The molecule has 2 fully saturated rings. The lowest BCUT2D eigenvalue weighted by Crippen LogP contribution is -2.51. The topological polar surface area (TPSA) is 49.8 Å². The lowest BCUT2D eigenvalue weighted by atomic mass is 9.79. The molecule has 1 aliphatic heterocycles. The highest BCUT2D eigenvalue weighted by Gasteiger charge is 2.43. The number of halogens is 1. The minimum Gasteiger partial charge on any atom is -0.487 e. The normalized spacial score (nSPS) is 22.0. The molecule has 2 aliphatic rings. The minimum absolute atomic E-state index is 0.233. The first-order chi connectivity index (χ1) is 10.0. The molecule has 1 aromatic carbocycles. The van der Waals surface area contributed by atoms with Gasteiger partial charge in [-0.15, -0.1) is 0 Å². The summed E-state index contributed by atoms with van der Waals surface area (Å²) in [6.45, 7) is 1.88. The van der Waals surface area contributed by atoms with E-state index in [-0.39, 0.29) is 6.10 Å². The van der Waals surface area contributed by atoms with E-state index in [4.69, 9.17) is 4.74 Å². The lowest BCUT2D eigenvalue weighted by Gasteiger charge is -2.36. The molecule has 4 nitrogen and oxygen atoms in total. The average Bonchev–Trinajstić information content (AvgIpc) is 2.89. The van der Waals surface area contributed by atoms with Gasteiger partial charge in [-0.3, -0.25) is 9.69 Å². The van der Waals surface area contributed by atoms with Gasteiger partial charge in [-0.2, -0.15) is 0 Å². The predicted octanol–water partition coefficient (Wildman–Crippen LogP) is 3.04. The van der Waals surface area contributed by atoms with E-state index >= 15 is 0 Å². The van der Waals surface area contributed by atoms with Gasteiger partial charge in [0.25, 0.3) is 0 Å². The first-order valence-electron chi connectivity index (χ1n) is 7.40. The Kier molecular flexibility index (Phi) is 3.97. The second-order valence-corrected chi connectivity index (χ2v) is 7.05. The van der Waals surface area contributed by atoms with Crippen molar-refractivity contribution >= 4 is 21.9 Å². The SMILES string of the molecule is CN1CC(Oc2ccc(C3(C(=O)O)CCCC3)cc2Br)C1. The molecule has 0 spiro atoms. The molecular formula is C16H20BrNO3. The molecule has 1 N–H and O–H groups in total. The molecule has 1 saturated carbocycles. The third-order valence-electron chi connectivity index (χ3n) is 4.68. The second-order valence-electron chi connectivity index (χ2n) is 6.20. The molecule has 0 unspecified atom stereocenters. The molecule has 0 atom stereocenters. The standard InChI is InChI=1S/C16H20BrNO3/c1-18-9-12(10-18)21-14-5-4-11(8-13(14)17)16(15(19)20)6-2-3-7-16/h4-5,8,12H,2-3,6-7,9-10H2,1H3,(H,19,20). The summed E-state index contributed by atoms with van der Waals surface area (Å²) in [6.07, 6.45) is 3.65. The smallest absolute Gasteiger partial charge is 0.314 e. The molecule has 0 aromatic heterocycles. The van der Waals surface area contributed by atoms with Crippen LogP contribution in [0.3, 0.4) is 0 Å². The third kappa shape index (κ3) is 2.69. The van der Waals surface area contributed by atoms with Gasteiger partial charge < -0.3 is 9.84 Å². The van der Waals surface area contributed by atoms with Crippen LogP contribution in [0.15, 0.2) is 22.7 Å². The summed E-state index contributed by atoms with van der Waals surface area (Å²) in [4.78, 5) is 13.9. The highest BCUT2D eigenvalue weighted by molar-refractivity contribution is 9.10. The van der Waals surface area contributed by atoms with Gasteiger partial charge in [0.2, 0.25) is 0 Å². The number of hydrogen-bond donors (Lipinski definition) is 1. The zero-order valence-corrected chi connectivity index (χ0v) is 13.7. The van der Waals surface area contributed by atoms with E-state index in [0.717, 1.165) is 54.6 Å². The average molecular weight is 354 g/mol.